The molecule has 0 amide bonds. The van der Waals surface area contributed by atoms with Crippen molar-refractivity contribution in [2.45, 2.75) is 19.4 Å². The second kappa shape index (κ2) is 4.67. The van der Waals surface area contributed by atoms with Crippen LogP contribution in [0.2, 0.25) is 0 Å². The van der Waals surface area contributed by atoms with Crippen LogP contribution < -0.4 is 0 Å². The van der Waals surface area contributed by atoms with E-state index in [-0.39, 0.29) is 5.92 Å². The molecule has 2 aromatic rings. The summed E-state index contributed by atoms with van der Waals surface area (Å²) in [6, 6.07) is 10.0. The van der Waals surface area contributed by atoms with E-state index in [1.807, 2.05) is 31.2 Å². The van der Waals surface area contributed by atoms with Crippen molar-refractivity contribution in [2.75, 3.05) is 13.2 Å². The third-order valence-corrected chi connectivity index (χ3v) is 3.61. The molecule has 1 aromatic carbocycles. The molecule has 3 heteroatoms. The second-order valence-corrected chi connectivity index (χ2v) is 4.97. The van der Waals surface area contributed by atoms with E-state index in [9.17, 15) is 5.11 Å². The number of ether oxygens (including phenoxy) is 1. The molecule has 1 aromatic heterocycles. The maximum atomic E-state index is 10.3. The maximum Gasteiger partial charge on any atom is 0.0841 e. The Morgan fingerprint density at radius 1 is 1.33 bits per heavy atom. The molecule has 1 aliphatic heterocycles. The smallest absolute Gasteiger partial charge is 0.0841 e. The number of aliphatic hydroxyl groups is 1. The monoisotopic (exact) mass is 243 g/mol. The van der Waals surface area contributed by atoms with Crippen LogP contribution in [0.3, 0.4) is 0 Å². The Balaban J connectivity index is 1.94. The zero-order valence-electron chi connectivity index (χ0n) is 10.5. The van der Waals surface area contributed by atoms with Gasteiger partial charge in [-0.1, -0.05) is 12.1 Å². The van der Waals surface area contributed by atoms with Gasteiger partial charge in [-0.3, -0.25) is 4.98 Å². The standard InChI is InChI=1S/C15H17NO2/c1-10-2-3-11-8-12(4-5-14(11)16-10)15(17)13-6-7-18-9-13/h2-5,8,13,15,17H,6-7,9H2,1H3. The summed E-state index contributed by atoms with van der Waals surface area (Å²) in [5.74, 6) is 0.223. The normalized spacial score (nSPS) is 21.3. The predicted molar refractivity (Wildman–Crippen MR) is 70.4 cm³/mol. The Hall–Kier alpha value is -1.45. The maximum absolute atomic E-state index is 10.3. The zero-order valence-corrected chi connectivity index (χ0v) is 10.5. The summed E-state index contributed by atoms with van der Waals surface area (Å²) < 4.78 is 5.33. The van der Waals surface area contributed by atoms with Crippen LogP contribution in [0.1, 0.15) is 23.8 Å². The van der Waals surface area contributed by atoms with E-state index in [2.05, 4.69) is 11.1 Å². The summed E-state index contributed by atoms with van der Waals surface area (Å²) in [4.78, 5) is 4.47. The highest BCUT2D eigenvalue weighted by molar-refractivity contribution is 5.79. The summed E-state index contributed by atoms with van der Waals surface area (Å²) in [5.41, 5.74) is 2.96. The van der Waals surface area contributed by atoms with Crippen molar-refractivity contribution in [3.8, 4) is 0 Å². The van der Waals surface area contributed by atoms with Crippen LogP contribution in [0.25, 0.3) is 10.9 Å². The summed E-state index contributed by atoms with van der Waals surface area (Å²) >= 11 is 0. The van der Waals surface area contributed by atoms with Gasteiger partial charge in [0.25, 0.3) is 0 Å². The van der Waals surface area contributed by atoms with Crippen molar-refractivity contribution in [1.82, 2.24) is 4.98 Å². The molecule has 1 aliphatic rings. The fourth-order valence-electron chi connectivity index (χ4n) is 2.50. The summed E-state index contributed by atoms with van der Waals surface area (Å²) in [5, 5.41) is 11.4. The number of hydrogen-bond acceptors (Lipinski definition) is 3. The van der Waals surface area contributed by atoms with Crippen LogP contribution in [0.15, 0.2) is 30.3 Å². The SMILES string of the molecule is Cc1ccc2cc(C(O)C3CCOC3)ccc2n1. The van der Waals surface area contributed by atoms with Gasteiger partial charge in [-0.2, -0.15) is 0 Å². The molecular formula is C15H17NO2. The Labute approximate surface area is 106 Å². The molecule has 2 heterocycles. The molecule has 2 atom stereocenters. The van der Waals surface area contributed by atoms with Crippen LogP contribution in [0.4, 0.5) is 0 Å². The van der Waals surface area contributed by atoms with Gasteiger partial charge in [-0.25, -0.2) is 0 Å². The van der Waals surface area contributed by atoms with Crippen molar-refractivity contribution >= 4 is 10.9 Å². The molecule has 1 saturated heterocycles. The first-order chi connectivity index (χ1) is 8.74. The van der Waals surface area contributed by atoms with E-state index in [0.29, 0.717) is 6.61 Å². The molecule has 1 N–H and O–H groups in total. The molecule has 0 radical (unpaired) electrons. The number of benzene rings is 1. The van der Waals surface area contributed by atoms with Gasteiger partial charge in [0.1, 0.15) is 0 Å². The largest absolute Gasteiger partial charge is 0.388 e. The van der Waals surface area contributed by atoms with E-state index in [0.717, 1.165) is 35.2 Å². The van der Waals surface area contributed by atoms with E-state index in [1.165, 1.54) is 0 Å². The number of aromatic nitrogens is 1. The van der Waals surface area contributed by atoms with Gasteiger partial charge in [0, 0.05) is 23.6 Å². The fourth-order valence-corrected chi connectivity index (χ4v) is 2.50. The minimum Gasteiger partial charge on any atom is -0.388 e. The third kappa shape index (κ3) is 2.11. The first-order valence-corrected chi connectivity index (χ1v) is 6.37. The molecular weight excluding hydrogens is 226 g/mol. The topological polar surface area (TPSA) is 42.4 Å². The number of rotatable bonds is 2. The molecule has 1 fully saturated rings. The minimum atomic E-state index is -0.432. The van der Waals surface area contributed by atoms with Crippen LogP contribution in [0.5, 0.6) is 0 Å². The van der Waals surface area contributed by atoms with Gasteiger partial charge >= 0.3 is 0 Å². The van der Waals surface area contributed by atoms with Gasteiger partial charge in [0.15, 0.2) is 0 Å². The van der Waals surface area contributed by atoms with Gasteiger partial charge < -0.3 is 9.84 Å². The summed E-state index contributed by atoms with van der Waals surface area (Å²) in [6.07, 6.45) is 0.504. The van der Waals surface area contributed by atoms with Gasteiger partial charge in [0.05, 0.1) is 18.2 Å². The van der Waals surface area contributed by atoms with E-state index in [4.69, 9.17) is 4.74 Å². The molecule has 0 spiro atoms. The van der Waals surface area contributed by atoms with Crippen molar-refractivity contribution in [1.29, 1.82) is 0 Å². The van der Waals surface area contributed by atoms with Crippen molar-refractivity contribution in [2.24, 2.45) is 5.92 Å². The number of nitrogens with zero attached hydrogens (tertiary/aromatic N) is 1. The van der Waals surface area contributed by atoms with Crippen molar-refractivity contribution in [3.63, 3.8) is 0 Å². The quantitative estimate of drug-likeness (QED) is 0.881. The summed E-state index contributed by atoms with van der Waals surface area (Å²) in [7, 11) is 0. The molecule has 0 bridgehead atoms. The minimum absolute atomic E-state index is 0.223. The van der Waals surface area contributed by atoms with Crippen LogP contribution in [0, 0.1) is 12.8 Å². The van der Waals surface area contributed by atoms with E-state index in [1.54, 1.807) is 0 Å². The lowest BCUT2D eigenvalue weighted by molar-refractivity contribution is 0.0919. The van der Waals surface area contributed by atoms with Crippen molar-refractivity contribution < 1.29 is 9.84 Å². The number of hydrogen-bond donors (Lipinski definition) is 1. The molecule has 2 unspecified atom stereocenters. The molecule has 94 valence electrons. The highest BCUT2D eigenvalue weighted by atomic mass is 16.5. The molecule has 0 aliphatic carbocycles. The fraction of sp³-hybridized carbons (Fsp3) is 0.400. The Bertz CT molecular complexity index is 561. The molecule has 3 rings (SSSR count). The van der Waals surface area contributed by atoms with E-state index >= 15 is 0 Å². The second-order valence-electron chi connectivity index (χ2n) is 4.97. The lowest BCUT2D eigenvalue weighted by Crippen LogP contribution is -2.12. The number of fused-ring (bicyclic) bond motifs is 1. The molecule has 18 heavy (non-hydrogen) atoms. The highest BCUT2D eigenvalue weighted by Crippen LogP contribution is 2.30. The summed E-state index contributed by atoms with van der Waals surface area (Å²) in [6.45, 7) is 3.40. The first kappa shape index (κ1) is 11.6. The Morgan fingerprint density at radius 3 is 3.00 bits per heavy atom. The predicted octanol–water partition coefficient (Wildman–Crippen LogP) is 2.61. The number of pyridine rings is 1. The molecule has 0 saturated carbocycles. The third-order valence-electron chi connectivity index (χ3n) is 3.61. The van der Waals surface area contributed by atoms with E-state index < -0.39 is 6.10 Å². The lowest BCUT2D eigenvalue weighted by atomic mass is 9.94. The first-order valence-electron chi connectivity index (χ1n) is 6.37. The lowest BCUT2D eigenvalue weighted by Gasteiger charge is -2.17. The average Bonchev–Trinajstić information content (AvgIpc) is 2.91. The highest BCUT2D eigenvalue weighted by Gasteiger charge is 2.25. The Morgan fingerprint density at radius 2 is 2.22 bits per heavy atom. The van der Waals surface area contributed by atoms with Crippen molar-refractivity contribution in [3.05, 3.63) is 41.6 Å². The Kier molecular flexibility index (Phi) is 3.02. The average molecular weight is 243 g/mol. The van der Waals surface area contributed by atoms with Gasteiger partial charge in [0.2, 0.25) is 0 Å². The molecule has 3 nitrogen and oxygen atoms in total. The van der Waals surface area contributed by atoms with Crippen LogP contribution in [-0.2, 0) is 4.74 Å². The number of aliphatic hydroxyl groups excluding tert-OH is 1. The van der Waals surface area contributed by atoms with Crippen LogP contribution >= 0.6 is 0 Å². The van der Waals surface area contributed by atoms with Crippen LogP contribution in [-0.4, -0.2) is 23.3 Å². The number of aryl methyl sites for hydroxylation is 1. The van der Waals surface area contributed by atoms with Gasteiger partial charge in [-0.05, 0) is 37.1 Å². The van der Waals surface area contributed by atoms with Gasteiger partial charge in [-0.15, -0.1) is 0 Å². The zero-order chi connectivity index (χ0) is 12.5.